The largest absolute Gasteiger partial charge is 0.494 e. The van der Waals surface area contributed by atoms with Gasteiger partial charge in [-0.1, -0.05) is 0 Å². The van der Waals surface area contributed by atoms with Crippen molar-refractivity contribution in [1.82, 2.24) is 10.9 Å². The molecule has 0 aromatic carbocycles. The van der Waals surface area contributed by atoms with Gasteiger partial charge < -0.3 is 5.11 Å². The van der Waals surface area contributed by atoms with Gasteiger partial charge in [0.1, 0.15) is 0 Å². The Morgan fingerprint density at radius 2 is 2.67 bits per heavy atom. The van der Waals surface area contributed by atoms with Crippen LogP contribution >= 0.6 is 0 Å². The van der Waals surface area contributed by atoms with Crippen LogP contribution in [0.25, 0.3) is 0 Å². The van der Waals surface area contributed by atoms with Crippen molar-refractivity contribution in [2.45, 2.75) is 0 Å². The van der Waals surface area contributed by atoms with Crippen LogP contribution in [0.15, 0.2) is 12.0 Å². The van der Waals surface area contributed by atoms with Crippen LogP contribution < -0.4 is 10.9 Å². The number of aliphatic hydroxyl groups excluding tert-OH is 1. The van der Waals surface area contributed by atoms with E-state index in [9.17, 15) is 0 Å². The molecule has 0 spiro atoms. The normalized spacial score (nSPS) is 19.7. The van der Waals surface area contributed by atoms with Crippen LogP contribution in [-0.4, -0.2) is 11.7 Å². The molecule has 0 bridgehead atoms. The van der Waals surface area contributed by atoms with Crippen LogP contribution in [0.2, 0.25) is 0 Å². The molecule has 0 amide bonds. The van der Waals surface area contributed by atoms with Crippen molar-refractivity contribution in [2.75, 3.05) is 6.54 Å². The molecule has 1 rings (SSSR count). The van der Waals surface area contributed by atoms with E-state index >= 15 is 0 Å². The molecule has 3 N–H and O–H groups in total. The molecule has 1 heterocycles. The molecular formula is C3H6N2O. The van der Waals surface area contributed by atoms with Crippen molar-refractivity contribution in [3.05, 3.63) is 12.0 Å². The maximum Gasteiger partial charge on any atom is 0.195 e. The first-order valence-corrected chi connectivity index (χ1v) is 1.77. The van der Waals surface area contributed by atoms with E-state index in [1.165, 1.54) is 0 Å². The summed E-state index contributed by atoms with van der Waals surface area (Å²) in [6.07, 6.45) is 1.65. The fourth-order valence-corrected chi connectivity index (χ4v) is 0.340. The highest BCUT2D eigenvalue weighted by molar-refractivity contribution is 4.93. The Morgan fingerprint density at radius 1 is 1.83 bits per heavy atom. The van der Waals surface area contributed by atoms with E-state index in [1.807, 2.05) is 0 Å². The second-order valence-electron chi connectivity index (χ2n) is 1.10. The second kappa shape index (κ2) is 1.18. The van der Waals surface area contributed by atoms with Crippen molar-refractivity contribution in [3.63, 3.8) is 0 Å². The monoisotopic (exact) mass is 86.0 g/mol. The summed E-state index contributed by atoms with van der Waals surface area (Å²) in [6, 6.07) is 0. The zero-order valence-electron chi connectivity index (χ0n) is 3.23. The first-order chi connectivity index (χ1) is 2.89. The Morgan fingerprint density at radius 3 is 2.83 bits per heavy atom. The minimum atomic E-state index is 0.218. The van der Waals surface area contributed by atoms with E-state index in [4.69, 9.17) is 5.11 Å². The van der Waals surface area contributed by atoms with Gasteiger partial charge in [0.05, 0.1) is 0 Å². The summed E-state index contributed by atoms with van der Waals surface area (Å²) in [4.78, 5) is 0. The minimum Gasteiger partial charge on any atom is -0.494 e. The van der Waals surface area contributed by atoms with Crippen LogP contribution in [0.4, 0.5) is 0 Å². The molecule has 1 aliphatic rings. The molecule has 0 unspecified atom stereocenters. The molecule has 0 saturated heterocycles. The summed E-state index contributed by atoms with van der Waals surface area (Å²) in [7, 11) is 0. The van der Waals surface area contributed by atoms with E-state index in [0.717, 1.165) is 0 Å². The fraction of sp³-hybridized carbons (Fsp3) is 0.333. The Bertz CT molecular complexity index is 78.9. The third-order valence-corrected chi connectivity index (χ3v) is 0.614. The van der Waals surface area contributed by atoms with Crippen LogP contribution in [-0.2, 0) is 0 Å². The highest BCUT2D eigenvalue weighted by atomic mass is 16.3. The molecule has 3 heteroatoms. The van der Waals surface area contributed by atoms with E-state index in [0.29, 0.717) is 6.54 Å². The van der Waals surface area contributed by atoms with Gasteiger partial charge in [-0.25, -0.2) is 5.43 Å². The SMILES string of the molecule is OC1=CCNN1. The van der Waals surface area contributed by atoms with Gasteiger partial charge in [-0.15, -0.1) is 0 Å². The molecule has 34 valence electrons. The Labute approximate surface area is 35.6 Å². The van der Waals surface area contributed by atoms with Gasteiger partial charge in [-0.05, 0) is 6.08 Å². The molecule has 6 heavy (non-hydrogen) atoms. The number of hydrogen-bond donors (Lipinski definition) is 3. The lowest BCUT2D eigenvalue weighted by Crippen LogP contribution is -2.23. The molecule has 0 aromatic heterocycles. The lowest BCUT2D eigenvalue weighted by Gasteiger charge is -1.89. The van der Waals surface area contributed by atoms with E-state index in [-0.39, 0.29) is 5.88 Å². The van der Waals surface area contributed by atoms with Gasteiger partial charge in [-0.2, -0.15) is 0 Å². The Balaban J connectivity index is 2.45. The standard InChI is InChI=1S/C3H6N2O/c6-3-1-2-4-5-3/h1,4-6H,2H2. The third kappa shape index (κ3) is 0.440. The van der Waals surface area contributed by atoms with Crippen molar-refractivity contribution >= 4 is 0 Å². The second-order valence-corrected chi connectivity index (χ2v) is 1.10. The van der Waals surface area contributed by atoms with Crippen LogP contribution in [0.3, 0.4) is 0 Å². The summed E-state index contributed by atoms with van der Waals surface area (Å²) >= 11 is 0. The van der Waals surface area contributed by atoms with Gasteiger partial charge >= 0.3 is 0 Å². The predicted molar refractivity (Wildman–Crippen MR) is 21.9 cm³/mol. The lowest BCUT2D eigenvalue weighted by molar-refractivity contribution is 0.362. The number of hydrogen-bond acceptors (Lipinski definition) is 3. The predicted octanol–water partition coefficient (Wildman–Crippen LogP) is -0.506. The zero-order valence-corrected chi connectivity index (χ0v) is 3.23. The fourth-order valence-electron chi connectivity index (χ4n) is 0.340. The highest BCUT2D eigenvalue weighted by Gasteiger charge is 1.93. The molecule has 0 atom stereocenters. The van der Waals surface area contributed by atoms with Gasteiger partial charge in [0.25, 0.3) is 0 Å². The minimum absolute atomic E-state index is 0.218. The number of rotatable bonds is 0. The molecule has 3 nitrogen and oxygen atoms in total. The molecule has 0 radical (unpaired) electrons. The van der Waals surface area contributed by atoms with Crippen LogP contribution in [0, 0.1) is 0 Å². The van der Waals surface area contributed by atoms with E-state index in [2.05, 4.69) is 10.9 Å². The Kier molecular flexibility index (Phi) is 0.686. The van der Waals surface area contributed by atoms with Gasteiger partial charge in [-0.3, -0.25) is 5.43 Å². The van der Waals surface area contributed by atoms with Crippen molar-refractivity contribution < 1.29 is 5.11 Å². The smallest absolute Gasteiger partial charge is 0.195 e. The lowest BCUT2D eigenvalue weighted by atomic mass is 10.6. The van der Waals surface area contributed by atoms with Crippen molar-refractivity contribution in [1.29, 1.82) is 0 Å². The third-order valence-electron chi connectivity index (χ3n) is 0.614. The maximum atomic E-state index is 8.42. The summed E-state index contributed by atoms with van der Waals surface area (Å²) in [5, 5.41) is 8.42. The topological polar surface area (TPSA) is 44.3 Å². The average molecular weight is 86.1 g/mol. The molecule has 0 fully saturated rings. The van der Waals surface area contributed by atoms with Crippen molar-refractivity contribution in [2.24, 2.45) is 0 Å². The quantitative estimate of drug-likeness (QED) is 0.372. The summed E-state index contributed by atoms with van der Waals surface area (Å²) in [5.74, 6) is 0.218. The molecular weight excluding hydrogens is 80.0 g/mol. The van der Waals surface area contributed by atoms with Crippen LogP contribution in [0.5, 0.6) is 0 Å². The first kappa shape index (κ1) is 3.49. The Hall–Kier alpha value is -0.700. The van der Waals surface area contributed by atoms with Crippen LogP contribution in [0.1, 0.15) is 0 Å². The number of aliphatic hydroxyl groups is 1. The van der Waals surface area contributed by atoms with Gasteiger partial charge in [0.15, 0.2) is 5.88 Å². The average Bonchev–Trinajstić information content (AvgIpc) is 1.86. The maximum absolute atomic E-state index is 8.42. The molecule has 0 aliphatic carbocycles. The van der Waals surface area contributed by atoms with Gasteiger partial charge in [0, 0.05) is 6.54 Å². The van der Waals surface area contributed by atoms with Crippen molar-refractivity contribution in [3.8, 4) is 0 Å². The number of hydrazine groups is 1. The molecule has 0 saturated carbocycles. The van der Waals surface area contributed by atoms with Gasteiger partial charge in [0.2, 0.25) is 0 Å². The first-order valence-electron chi connectivity index (χ1n) is 1.77. The molecule has 1 aliphatic heterocycles. The highest BCUT2D eigenvalue weighted by Crippen LogP contribution is 1.81. The van der Waals surface area contributed by atoms with E-state index < -0.39 is 0 Å². The number of nitrogens with one attached hydrogen (secondary N) is 2. The molecule has 0 aromatic rings. The summed E-state index contributed by atoms with van der Waals surface area (Å²) in [5.41, 5.74) is 5.17. The zero-order chi connectivity index (χ0) is 4.41. The van der Waals surface area contributed by atoms with E-state index in [1.54, 1.807) is 6.08 Å². The summed E-state index contributed by atoms with van der Waals surface area (Å²) in [6.45, 7) is 0.714. The summed E-state index contributed by atoms with van der Waals surface area (Å²) < 4.78 is 0.